The summed E-state index contributed by atoms with van der Waals surface area (Å²) in [6.45, 7) is 0.816. The molecule has 0 amide bonds. The molecule has 3 heteroatoms. The van der Waals surface area contributed by atoms with Crippen LogP contribution < -0.4 is 4.74 Å². The highest BCUT2D eigenvalue weighted by Crippen LogP contribution is 2.30. The molecule has 1 heterocycles. The minimum Gasteiger partial charge on any atom is -0.497 e. The Bertz CT molecular complexity index is 574. The van der Waals surface area contributed by atoms with Crippen LogP contribution in [-0.4, -0.2) is 16.8 Å². The first-order chi connectivity index (χ1) is 9.26. The van der Waals surface area contributed by atoms with E-state index in [0.29, 0.717) is 0 Å². The van der Waals surface area contributed by atoms with E-state index >= 15 is 0 Å². The number of hydrogen-bond acceptors (Lipinski definition) is 2. The van der Waals surface area contributed by atoms with Crippen LogP contribution >= 0.6 is 0 Å². The first-order valence-electron chi connectivity index (χ1n) is 6.76. The van der Waals surface area contributed by atoms with Crippen molar-refractivity contribution in [1.29, 1.82) is 0 Å². The summed E-state index contributed by atoms with van der Waals surface area (Å²) in [6.07, 6.45) is 7.01. The lowest BCUT2D eigenvalue weighted by atomic mass is 9.93. The SMILES string of the molecule is COc1cccc(Cn2cc3c(c2)C(O)CCC3)c1. The van der Waals surface area contributed by atoms with Gasteiger partial charge in [-0.2, -0.15) is 0 Å². The molecule has 0 saturated carbocycles. The molecule has 1 aliphatic carbocycles. The predicted octanol–water partition coefficient (Wildman–Crippen LogP) is 2.91. The summed E-state index contributed by atoms with van der Waals surface area (Å²) in [5.41, 5.74) is 3.61. The van der Waals surface area contributed by atoms with Crippen molar-refractivity contribution in [1.82, 2.24) is 4.57 Å². The minimum atomic E-state index is -0.282. The first kappa shape index (κ1) is 12.3. The van der Waals surface area contributed by atoms with Gasteiger partial charge >= 0.3 is 0 Å². The lowest BCUT2D eigenvalue weighted by Gasteiger charge is -2.16. The number of aliphatic hydroxyl groups is 1. The Kier molecular flexibility index (Phi) is 3.30. The molecule has 100 valence electrons. The molecule has 2 aromatic rings. The van der Waals surface area contributed by atoms with Gasteiger partial charge in [0.05, 0.1) is 13.2 Å². The molecule has 19 heavy (non-hydrogen) atoms. The fraction of sp³-hybridized carbons (Fsp3) is 0.375. The Labute approximate surface area is 113 Å². The Morgan fingerprint density at radius 2 is 2.26 bits per heavy atom. The maximum Gasteiger partial charge on any atom is 0.119 e. The van der Waals surface area contributed by atoms with Crippen LogP contribution in [0, 0.1) is 0 Å². The quantitative estimate of drug-likeness (QED) is 0.917. The number of methoxy groups -OCH3 is 1. The van der Waals surface area contributed by atoms with Gasteiger partial charge in [0.2, 0.25) is 0 Å². The van der Waals surface area contributed by atoms with E-state index in [-0.39, 0.29) is 6.10 Å². The van der Waals surface area contributed by atoms with E-state index in [1.165, 1.54) is 11.1 Å². The molecule has 1 N–H and O–H groups in total. The average Bonchev–Trinajstić information content (AvgIpc) is 2.83. The molecule has 0 bridgehead atoms. The van der Waals surface area contributed by atoms with Crippen molar-refractivity contribution >= 4 is 0 Å². The highest BCUT2D eigenvalue weighted by Gasteiger charge is 2.19. The summed E-state index contributed by atoms with van der Waals surface area (Å²) in [5.74, 6) is 0.884. The smallest absolute Gasteiger partial charge is 0.119 e. The Balaban J connectivity index is 1.83. The van der Waals surface area contributed by atoms with Crippen LogP contribution in [0.4, 0.5) is 0 Å². The second-order valence-electron chi connectivity index (χ2n) is 5.17. The lowest BCUT2D eigenvalue weighted by molar-refractivity contribution is 0.157. The Morgan fingerprint density at radius 1 is 1.37 bits per heavy atom. The van der Waals surface area contributed by atoms with E-state index in [2.05, 4.69) is 29.1 Å². The number of aryl methyl sites for hydroxylation is 1. The summed E-state index contributed by atoms with van der Waals surface area (Å²) in [6, 6.07) is 8.10. The normalized spacial score (nSPS) is 18.1. The van der Waals surface area contributed by atoms with Crippen LogP contribution in [0.15, 0.2) is 36.7 Å². The molecule has 1 aliphatic rings. The van der Waals surface area contributed by atoms with E-state index in [1.54, 1.807) is 7.11 Å². The zero-order valence-electron chi connectivity index (χ0n) is 11.2. The second kappa shape index (κ2) is 5.10. The standard InChI is InChI=1S/C16H19NO2/c1-19-14-6-2-4-12(8-14)9-17-10-13-5-3-7-16(18)15(13)11-17/h2,4,6,8,10-11,16,18H,3,5,7,9H2,1H3. The molecule has 0 aliphatic heterocycles. The predicted molar refractivity (Wildman–Crippen MR) is 74.4 cm³/mol. The van der Waals surface area contributed by atoms with Gasteiger partial charge in [0.1, 0.15) is 5.75 Å². The third-order valence-electron chi connectivity index (χ3n) is 3.78. The number of hydrogen-bond donors (Lipinski definition) is 1. The Hall–Kier alpha value is -1.74. The number of aliphatic hydroxyl groups excluding tert-OH is 1. The van der Waals surface area contributed by atoms with Gasteiger partial charge in [0.25, 0.3) is 0 Å². The van der Waals surface area contributed by atoms with Crippen LogP contribution in [-0.2, 0) is 13.0 Å². The molecule has 0 spiro atoms. The topological polar surface area (TPSA) is 34.4 Å². The van der Waals surface area contributed by atoms with E-state index in [4.69, 9.17) is 4.74 Å². The highest BCUT2D eigenvalue weighted by molar-refractivity contribution is 5.32. The number of ether oxygens (including phenoxy) is 1. The van der Waals surface area contributed by atoms with Crippen LogP contribution in [0.5, 0.6) is 5.75 Å². The molecular formula is C16H19NO2. The molecule has 1 aromatic heterocycles. The second-order valence-corrected chi connectivity index (χ2v) is 5.17. The maximum absolute atomic E-state index is 9.99. The van der Waals surface area contributed by atoms with Crippen LogP contribution in [0.3, 0.4) is 0 Å². The van der Waals surface area contributed by atoms with Crippen molar-refractivity contribution in [2.45, 2.75) is 31.9 Å². The molecular weight excluding hydrogens is 238 g/mol. The van der Waals surface area contributed by atoms with Crippen LogP contribution in [0.2, 0.25) is 0 Å². The number of aromatic nitrogens is 1. The van der Waals surface area contributed by atoms with Crippen molar-refractivity contribution in [3.63, 3.8) is 0 Å². The molecule has 0 fully saturated rings. The molecule has 3 rings (SSSR count). The fourth-order valence-corrected chi connectivity index (χ4v) is 2.80. The van der Waals surface area contributed by atoms with Gasteiger partial charge in [-0.05, 0) is 42.5 Å². The van der Waals surface area contributed by atoms with Crippen LogP contribution in [0.25, 0.3) is 0 Å². The van der Waals surface area contributed by atoms with E-state index in [9.17, 15) is 5.11 Å². The Morgan fingerprint density at radius 3 is 3.05 bits per heavy atom. The van der Waals surface area contributed by atoms with E-state index in [1.807, 2.05) is 12.1 Å². The average molecular weight is 257 g/mol. The van der Waals surface area contributed by atoms with E-state index < -0.39 is 0 Å². The summed E-state index contributed by atoms with van der Waals surface area (Å²) >= 11 is 0. The van der Waals surface area contributed by atoms with E-state index in [0.717, 1.165) is 37.1 Å². The number of nitrogens with zero attached hydrogens (tertiary/aromatic N) is 1. The van der Waals surface area contributed by atoms with Crippen molar-refractivity contribution < 1.29 is 9.84 Å². The molecule has 1 atom stereocenters. The van der Waals surface area contributed by atoms with Crippen molar-refractivity contribution in [3.8, 4) is 5.75 Å². The summed E-state index contributed by atoms with van der Waals surface area (Å²) in [4.78, 5) is 0. The minimum absolute atomic E-state index is 0.282. The summed E-state index contributed by atoms with van der Waals surface area (Å²) in [5, 5.41) is 9.99. The fourth-order valence-electron chi connectivity index (χ4n) is 2.80. The number of benzene rings is 1. The summed E-state index contributed by atoms with van der Waals surface area (Å²) in [7, 11) is 1.68. The van der Waals surface area contributed by atoms with Gasteiger partial charge in [0.15, 0.2) is 0 Å². The zero-order chi connectivity index (χ0) is 13.2. The molecule has 0 saturated heterocycles. The van der Waals surface area contributed by atoms with Crippen molar-refractivity contribution in [2.75, 3.05) is 7.11 Å². The van der Waals surface area contributed by atoms with Gasteiger partial charge in [-0.1, -0.05) is 12.1 Å². The number of rotatable bonds is 3. The lowest BCUT2D eigenvalue weighted by Crippen LogP contribution is -2.05. The number of fused-ring (bicyclic) bond motifs is 1. The van der Waals surface area contributed by atoms with Gasteiger partial charge < -0.3 is 14.4 Å². The van der Waals surface area contributed by atoms with Gasteiger partial charge in [-0.15, -0.1) is 0 Å². The van der Waals surface area contributed by atoms with Crippen molar-refractivity contribution in [3.05, 3.63) is 53.3 Å². The highest BCUT2D eigenvalue weighted by atomic mass is 16.5. The molecule has 1 unspecified atom stereocenters. The van der Waals surface area contributed by atoms with Gasteiger partial charge in [-0.3, -0.25) is 0 Å². The summed E-state index contributed by atoms with van der Waals surface area (Å²) < 4.78 is 7.40. The van der Waals surface area contributed by atoms with Crippen LogP contribution in [0.1, 0.15) is 35.6 Å². The first-order valence-corrected chi connectivity index (χ1v) is 6.76. The maximum atomic E-state index is 9.99. The third-order valence-corrected chi connectivity index (χ3v) is 3.78. The molecule has 3 nitrogen and oxygen atoms in total. The third kappa shape index (κ3) is 2.51. The van der Waals surface area contributed by atoms with Crippen molar-refractivity contribution in [2.24, 2.45) is 0 Å². The largest absolute Gasteiger partial charge is 0.497 e. The zero-order valence-corrected chi connectivity index (χ0v) is 11.2. The molecule has 0 radical (unpaired) electrons. The van der Waals surface area contributed by atoms with Gasteiger partial charge in [-0.25, -0.2) is 0 Å². The van der Waals surface area contributed by atoms with Gasteiger partial charge in [0, 0.05) is 24.5 Å². The molecule has 1 aromatic carbocycles. The monoisotopic (exact) mass is 257 g/mol.